The Morgan fingerprint density at radius 3 is 2.55 bits per heavy atom. The minimum Gasteiger partial charge on any atom is -0.508 e. The van der Waals surface area contributed by atoms with E-state index in [-0.39, 0.29) is 0 Å². The minimum atomic E-state index is 0.304. The predicted molar refractivity (Wildman–Crippen MR) is 81.7 cm³/mol. The lowest BCUT2D eigenvalue weighted by Gasteiger charge is -2.20. The van der Waals surface area contributed by atoms with Crippen LogP contribution in [-0.4, -0.2) is 16.1 Å². The van der Waals surface area contributed by atoms with E-state index in [9.17, 15) is 5.11 Å². The molecule has 2 aromatic rings. The summed E-state index contributed by atoms with van der Waals surface area (Å²) in [5.74, 6) is 0.324. The summed E-state index contributed by atoms with van der Waals surface area (Å²) in [6.45, 7) is 4.36. The van der Waals surface area contributed by atoms with Crippen LogP contribution in [0, 0.1) is 0 Å². The van der Waals surface area contributed by atoms with Crippen molar-refractivity contribution < 1.29 is 5.11 Å². The summed E-state index contributed by atoms with van der Waals surface area (Å²) in [5, 5.41) is 12.8. The van der Waals surface area contributed by atoms with Crippen LogP contribution in [0.4, 0.5) is 0 Å². The Balaban J connectivity index is 1.80. The molecule has 3 nitrogen and oxygen atoms in total. The maximum atomic E-state index is 9.26. The smallest absolute Gasteiger partial charge is 0.115 e. The van der Waals surface area contributed by atoms with Crippen molar-refractivity contribution in [3.8, 4) is 5.75 Å². The van der Waals surface area contributed by atoms with E-state index in [0.29, 0.717) is 17.8 Å². The van der Waals surface area contributed by atoms with Crippen molar-refractivity contribution in [2.45, 2.75) is 38.8 Å². The van der Waals surface area contributed by atoms with Gasteiger partial charge in [-0.05, 0) is 56.0 Å². The molecule has 3 heteroatoms. The van der Waals surface area contributed by atoms with Gasteiger partial charge >= 0.3 is 0 Å². The molecule has 2 atom stereocenters. The monoisotopic (exact) mass is 270 g/mol. The number of pyridine rings is 1. The van der Waals surface area contributed by atoms with Crippen LogP contribution in [0.2, 0.25) is 0 Å². The second-order valence-corrected chi connectivity index (χ2v) is 5.28. The van der Waals surface area contributed by atoms with Crippen LogP contribution in [-0.2, 0) is 6.42 Å². The third-order valence-corrected chi connectivity index (χ3v) is 3.52. The fraction of sp³-hybridized carbons (Fsp3) is 0.353. The number of benzene rings is 1. The molecule has 1 aromatic carbocycles. The van der Waals surface area contributed by atoms with E-state index < -0.39 is 0 Å². The largest absolute Gasteiger partial charge is 0.508 e. The summed E-state index contributed by atoms with van der Waals surface area (Å²) in [5.41, 5.74) is 2.47. The number of aromatic nitrogens is 1. The van der Waals surface area contributed by atoms with Gasteiger partial charge in [0.25, 0.3) is 0 Å². The summed E-state index contributed by atoms with van der Waals surface area (Å²) in [7, 11) is 0. The zero-order chi connectivity index (χ0) is 14.4. The van der Waals surface area contributed by atoms with Gasteiger partial charge in [-0.15, -0.1) is 0 Å². The van der Waals surface area contributed by atoms with Crippen LogP contribution in [0.3, 0.4) is 0 Å². The summed E-state index contributed by atoms with van der Waals surface area (Å²) < 4.78 is 0. The first-order valence-electron chi connectivity index (χ1n) is 7.09. The van der Waals surface area contributed by atoms with Gasteiger partial charge in [0.05, 0.1) is 0 Å². The zero-order valence-electron chi connectivity index (χ0n) is 12.1. The number of rotatable bonds is 6. The van der Waals surface area contributed by atoms with Gasteiger partial charge in [0.1, 0.15) is 5.75 Å². The van der Waals surface area contributed by atoms with Crippen molar-refractivity contribution in [3.05, 3.63) is 59.9 Å². The van der Waals surface area contributed by atoms with Crippen molar-refractivity contribution in [2.24, 2.45) is 0 Å². The topological polar surface area (TPSA) is 45.1 Å². The van der Waals surface area contributed by atoms with Crippen LogP contribution in [0.25, 0.3) is 0 Å². The Bertz CT molecular complexity index is 510. The number of hydrogen-bond acceptors (Lipinski definition) is 3. The second kappa shape index (κ2) is 7.06. The van der Waals surface area contributed by atoms with Gasteiger partial charge in [-0.3, -0.25) is 4.98 Å². The highest BCUT2D eigenvalue weighted by Gasteiger charge is 2.09. The average Bonchev–Trinajstić information content (AvgIpc) is 2.47. The molecule has 0 saturated heterocycles. The summed E-state index contributed by atoms with van der Waals surface area (Å²) in [4.78, 5) is 4.15. The molecule has 0 fully saturated rings. The van der Waals surface area contributed by atoms with E-state index in [1.54, 1.807) is 18.3 Å². The Labute approximate surface area is 120 Å². The van der Waals surface area contributed by atoms with E-state index in [1.807, 2.05) is 24.4 Å². The molecule has 0 saturated carbocycles. The van der Waals surface area contributed by atoms with Crippen LogP contribution in [0.1, 0.15) is 37.4 Å². The molecule has 106 valence electrons. The number of phenolic OH excluding ortho intramolecular Hbond substituents is 1. The number of phenols is 1. The summed E-state index contributed by atoms with van der Waals surface area (Å²) in [6.07, 6.45) is 5.78. The van der Waals surface area contributed by atoms with Crippen LogP contribution >= 0.6 is 0 Å². The Morgan fingerprint density at radius 1 is 1.15 bits per heavy atom. The fourth-order valence-corrected chi connectivity index (χ4v) is 2.28. The van der Waals surface area contributed by atoms with Gasteiger partial charge in [-0.1, -0.05) is 18.2 Å². The van der Waals surface area contributed by atoms with E-state index in [0.717, 1.165) is 12.8 Å². The lowest BCUT2D eigenvalue weighted by atomic mass is 10.0. The van der Waals surface area contributed by atoms with Gasteiger partial charge in [-0.2, -0.15) is 0 Å². The maximum Gasteiger partial charge on any atom is 0.115 e. The number of hydrogen-bond donors (Lipinski definition) is 2. The number of nitrogens with zero attached hydrogens (tertiary/aromatic N) is 1. The fourth-order valence-electron chi connectivity index (χ4n) is 2.28. The van der Waals surface area contributed by atoms with E-state index in [1.165, 1.54) is 11.1 Å². The minimum absolute atomic E-state index is 0.304. The standard InChI is InChI=1S/C17H22N2O/c1-13(5-6-15-7-9-17(20)10-8-15)19-14(2)16-4-3-11-18-12-16/h3-4,7-14,19-20H,5-6H2,1-2H3/t13?,14-/m0/s1. The molecule has 0 radical (unpaired) electrons. The Kier molecular flexibility index (Phi) is 5.13. The molecule has 0 aliphatic heterocycles. The van der Waals surface area contributed by atoms with Crippen LogP contribution in [0.5, 0.6) is 5.75 Å². The third kappa shape index (κ3) is 4.35. The predicted octanol–water partition coefficient (Wildman–Crippen LogP) is 3.46. The van der Waals surface area contributed by atoms with E-state index in [4.69, 9.17) is 0 Å². The van der Waals surface area contributed by atoms with Crippen molar-refractivity contribution in [1.82, 2.24) is 10.3 Å². The second-order valence-electron chi connectivity index (χ2n) is 5.28. The van der Waals surface area contributed by atoms with Crippen LogP contribution in [0.15, 0.2) is 48.8 Å². The highest BCUT2D eigenvalue weighted by atomic mass is 16.3. The molecular formula is C17H22N2O. The van der Waals surface area contributed by atoms with Crippen molar-refractivity contribution in [2.75, 3.05) is 0 Å². The normalized spacial score (nSPS) is 13.9. The number of aryl methyl sites for hydroxylation is 1. The molecule has 1 heterocycles. The van der Waals surface area contributed by atoms with E-state index >= 15 is 0 Å². The Hall–Kier alpha value is -1.87. The van der Waals surface area contributed by atoms with E-state index in [2.05, 4.69) is 30.2 Å². The molecule has 2 rings (SSSR count). The highest BCUT2D eigenvalue weighted by molar-refractivity contribution is 5.26. The molecule has 0 bridgehead atoms. The van der Waals surface area contributed by atoms with Crippen molar-refractivity contribution in [3.63, 3.8) is 0 Å². The van der Waals surface area contributed by atoms with Gasteiger partial charge in [0, 0.05) is 24.5 Å². The van der Waals surface area contributed by atoms with Crippen molar-refractivity contribution in [1.29, 1.82) is 0 Å². The molecule has 0 amide bonds. The van der Waals surface area contributed by atoms with Crippen molar-refractivity contribution >= 4 is 0 Å². The molecule has 0 spiro atoms. The zero-order valence-corrected chi connectivity index (χ0v) is 12.1. The summed E-state index contributed by atoms with van der Waals surface area (Å²) in [6, 6.07) is 12.2. The lowest BCUT2D eigenvalue weighted by Crippen LogP contribution is -2.29. The molecule has 0 aliphatic rings. The molecule has 20 heavy (non-hydrogen) atoms. The van der Waals surface area contributed by atoms with Gasteiger partial charge < -0.3 is 10.4 Å². The van der Waals surface area contributed by atoms with Gasteiger partial charge in [0.15, 0.2) is 0 Å². The molecular weight excluding hydrogens is 248 g/mol. The van der Waals surface area contributed by atoms with Gasteiger partial charge in [0.2, 0.25) is 0 Å². The molecule has 1 aromatic heterocycles. The first-order chi connectivity index (χ1) is 9.65. The first-order valence-corrected chi connectivity index (χ1v) is 7.09. The number of aromatic hydroxyl groups is 1. The summed E-state index contributed by atoms with van der Waals surface area (Å²) >= 11 is 0. The molecule has 0 aliphatic carbocycles. The van der Waals surface area contributed by atoms with Gasteiger partial charge in [-0.25, -0.2) is 0 Å². The SMILES string of the molecule is CC(CCc1ccc(O)cc1)N[C@@H](C)c1cccnc1. The average molecular weight is 270 g/mol. The lowest BCUT2D eigenvalue weighted by molar-refractivity contribution is 0.455. The quantitative estimate of drug-likeness (QED) is 0.845. The van der Waals surface area contributed by atoms with Crippen LogP contribution < -0.4 is 5.32 Å². The molecule has 2 N–H and O–H groups in total. The maximum absolute atomic E-state index is 9.26. The Morgan fingerprint density at radius 2 is 1.90 bits per heavy atom. The third-order valence-electron chi connectivity index (χ3n) is 3.52. The highest BCUT2D eigenvalue weighted by Crippen LogP contribution is 2.14. The first kappa shape index (κ1) is 14.5. The molecule has 1 unspecified atom stereocenters. The number of nitrogens with one attached hydrogen (secondary N) is 1.